The first-order chi connectivity index (χ1) is 13.9. The lowest BCUT2D eigenvalue weighted by Crippen LogP contribution is -3.16. The zero-order valence-corrected chi connectivity index (χ0v) is 17.5. The van der Waals surface area contributed by atoms with Gasteiger partial charge in [0.25, 0.3) is 5.91 Å². The van der Waals surface area contributed by atoms with E-state index in [4.69, 9.17) is 14.2 Å². The highest BCUT2D eigenvalue weighted by Crippen LogP contribution is 2.31. The molecule has 1 aliphatic rings. The van der Waals surface area contributed by atoms with Crippen LogP contribution >= 0.6 is 0 Å². The molecule has 8 heteroatoms. The number of rotatable bonds is 7. The largest absolute Gasteiger partial charge is 0.494 e. The normalized spacial score (nSPS) is 21.7. The zero-order valence-electron chi connectivity index (χ0n) is 17.5. The van der Waals surface area contributed by atoms with Crippen molar-refractivity contribution in [1.82, 2.24) is 4.98 Å². The summed E-state index contributed by atoms with van der Waals surface area (Å²) >= 11 is 0. The Morgan fingerprint density at radius 1 is 1.21 bits per heavy atom. The molecule has 1 fully saturated rings. The highest BCUT2D eigenvalue weighted by atomic mass is 16.5. The van der Waals surface area contributed by atoms with Crippen LogP contribution in [0.3, 0.4) is 0 Å². The molecule has 2 heterocycles. The van der Waals surface area contributed by atoms with Gasteiger partial charge in [-0.05, 0) is 45.9 Å². The van der Waals surface area contributed by atoms with Crippen molar-refractivity contribution in [1.29, 1.82) is 0 Å². The van der Waals surface area contributed by atoms with Crippen molar-refractivity contribution in [2.45, 2.75) is 39.9 Å². The molecule has 158 valence electrons. The van der Waals surface area contributed by atoms with Crippen molar-refractivity contribution >= 4 is 28.5 Å². The fourth-order valence-corrected chi connectivity index (χ4v) is 3.86. The molecule has 1 aliphatic heterocycles. The molecule has 0 aliphatic carbocycles. The first-order valence-electron chi connectivity index (χ1n) is 10.2. The second-order valence-corrected chi connectivity index (χ2v) is 7.38. The molecule has 2 atom stereocenters. The van der Waals surface area contributed by atoms with Crippen molar-refractivity contribution < 1.29 is 28.7 Å². The van der Waals surface area contributed by atoms with Crippen molar-refractivity contribution in [2.75, 3.05) is 38.2 Å². The van der Waals surface area contributed by atoms with E-state index in [0.29, 0.717) is 30.0 Å². The Bertz CT molecular complexity index is 869. The Labute approximate surface area is 170 Å². The van der Waals surface area contributed by atoms with Gasteiger partial charge in [-0.1, -0.05) is 0 Å². The van der Waals surface area contributed by atoms with Gasteiger partial charge in [0, 0.05) is 10.9 Å². The number of morpholine rings is 1. The molecule has 0 saturated carbocycles. The van der Waals surface area contributed by atoms with E-state index >= 15 is 0 Å². The van der Waals surface area contributed by atoms with Crippen molar-refractivity contribution in [2.24, 2.45) is 0 Å². The van der Waals surface area contributed by atoms with Gasteiger partial charge in [0.2, 0.25) is 0 Å². The first kappa shape index (κ1) is 21.1. The number of esters is 1. The van der Waals surface area contributed by atoms with E-state index in [1.807, 2.05) is 39.0 Å². The van der Waals surface area contributed by atoms with Gasteiger partial charge in [0.1, 0.15) is 36.7 Å². The maximum atomic E-state index is 12.8. The van der Waals surface area contributed by atoms with Crippen molar-refractivity contribution in [3.8, 4) is 5.75 Å². The minimum Gasteiger partial charge on any atom is -0.494 e. The van der Waals surface area contributed by atoms with Crippen LogP contribution in [0.25, 0.3) is 10.9 Å². The van der Waals surface area contributed by atoms with Gasteiger partial charge in [-0.15, -0.1) is 0 Å². The Kier molecular flexibility index (Phi) is 6.76. The molecule has 8 nitrogen and oxygen atoms in total. The average molecular weight is 404 g/mol. The molecule has 3 N–H and O–H groups in total. The van der Waals surface area contributed by atoms with E-state index in [1.54, 1.807) is 6.92 Å². The van der Waals surface area contributed by atoms with Crippen LogP contribution in [-0.2, 0) is 14.3 Å². The fraction of sp³-hybridized carbons (Fsp3) is 0.524. The van der Waals surface area contributed by atoms with Crippen molar-refractivity contribution in [3.05, 3.63) is 23.9 Å². The van der Waals surface area contributed by atoms with E-state index in [2.05, 4.69) is 10.3 Å². The van der Waals surface area contributed by atoms with E-state index < -0.39 is 5.97 Å². The summed E-state index contributed by atoms with van der Waals surface area (Å²) in [6.45, 7) is 10.3. The number of fused-ring (bicyclic) bond motifs is 1. The SMILES string of the molecule is CCOC(=O)c1[nH]c2ccc(OCC)cc2c1NC(=O)C[NH+]1C[C@@H](C)O[C@H](C)C1. The molecular weight excluding hydrogens is 374 g/mol. The summed E-state index contributed by atoms with van der Waals surface area (Å²) in [6.07, 6.45) is 0.219. The molecule has 29 heavy (non-hydrogen) atoms. The van der Waals surface area contributed by atoms with Gasteiger partial charge in [0.15, 0.2) is 6.54 Å². The van der Waals surface area contributed by atoms with Crippen LogP contribution in [0.2, 0.25) is 0 Å². The van der Waals surface area contributed by atoms with Gasteiger partial charge in [0.05, 0.1) is 18.9 Å². The average Bonchev–Trinajstić information content (AvgIpc) is 2.99. The van der Waals surface area contributed by atoms with E-state index in [-0.39, 0.29) is 30.4 Å². The van der Waals surface area contributed by atoms with E-state index in [1.165, 1.54) is 0 Å². The maximum Gasteiger partial charge on any atom is 0.356 e. The Hall–Kier alpha value is -2.58. The predicted molar refractivity (Wildman–Crippen MR) is 110 cm³/mol. The van der Waals surface area contributed by atoms with Gasteiger partial charge in [-0.25, -0.2) is 4.79 Å². The first-order valence-corrected chi connectivity index (χ1v) is 10.2. The summed E-state index contributed by atoms with van der Waals surface area (Å²) < 4.78 is 16.5. The minimum absolute atomic E-state index is 0.110. The lowest BCUT2D eigenvalue weighted by Gasteiger charge is -2.31. The second kappa shape index (κ2) is 9.28. The van der Waals surface area contributed by atoms with Crippen molar-refractivity contribution in [3.63, 3.8) is 0 Å². The molecule has 1 aromatic heterocycles. The number of nitrogens with one attached hydrogen (secondary N) is 3. The van der Waals surface area contributed by atoms with Crippen LogP contribution in [0.1, 0.15) is 38.2 Å². The number of aromatic amines is 1. The lowest BCUT2D eigenvalue weighted by molar-refractivity contribution is -0.907. The smallest absolute Gasteiger partial charge is 0.356 e. The Morgan fingerprint density at radius 2 is 1.93 bits per heavy atom. The summed E-state index contributed by atoms with van der Waals surface area (Å²) in [5, 5.41) is 3.64. The number of carbonyl (C=O) groups is 2. The molecule has 1 saturated heterocycles. The third-order valence-corrected chi connectivity index (χ3v) is 4.85. The Balaban J connectivity index is 1.86. The number of amides is 1. The number of benzene rings is 1. The quantitative estimate of drug-likeness (QED) is 0.606. The van der Waals surface area contributed by atoms with Crippen LogP contribution in [0.4, 0.5) is 5.69 Å². The number of ether oxygens (including phenoxy) is 3. The summed E-state index contributed by atoms with van der Waals surface area (Å²) in [5.41, 5.74) is 1.40. The topological polar surface area (TPSA) is 94.1 Å². The van der Waals surface area contributed by atoms with E-state index in [0.717, 1.165) is 23.5 Å². The third-order valence-electron chi connectivity index (χ3n) is 4.85. The van der Waals surface area contributed by atoms with Crippen LogP contribution < -0.4 is 15.0 Å². The van der Waals surface area contributed by atoms with Gasteiger partial charge in [-0.3, -0.25) is 4.79 Å². The molecule has 0 spiro atoms. The number of hydrogen-bond donors (Lipinski definition) is 3. The van der Waals surface area contributed by atoms with Gasteiger partial charge >= 0.3 is 5.97 Å². The zero-order chi connectivity index (χ0) is 21.0. The number of hydrogen-bond acceptors (Lipinski definition) is 5. The fourth-order valence-electron chi connectivity index (χ4n) is 3.86. The number of H-pyrrole nitrogens is 1. The highest BCUT2D eigenvalue weighted by molar-refractivity contribution is 6.11. The monoisotopic (exact) mass is 404 g/mol. The van der Waals surface area contributed by atoms with E-state index in [9.17, 15) is 9.59 Å². The molecule has 0 radical (unpaired) electrons. The van der Waals surface area contributed by atoms with Crippen LogP contribution in [0.15, 0.2) is 18.2 Å². The molecule has 0 bridgehead atoms. The summed E-state index contributed by atoms with van der Waals surface area (Å²) in [4.78, 5) is 29.5. The molecule has 1 aromatic carbocycles. The third kappa shape index (κ3) is 5.07. The predicted octanol–water partition coefficient (Wildman–Crippen LogP) is 1.37. The lowest BCUT2D eigenvalue weighted by atomic mass is 10.2. The molecule has 2 aromatic rings. The molecule has 0 unspecified atom stereocenters. The summed E-state index contributed by atoms with van der Waals surface area (Å²) in [7, 11) is 0. The van der Waals surface area contributed by atoms with Gasteiger partial charge in [-0.2, -0.15) is 0 Å². The standard InChI is InChI=1S/C21H29N3O5/c1-5-27-15-7-8-17-16(9-15)19(20(22-17)21(26)28-6-2)23-18(25)12-24-10-13(3)29-14(4)11-24/h7-9,13-14,22H,5-6,10-12H2,1-4H3,(H,23,25)/p+1/t13-,14-/m1/s1. The number of anilines is 1. The minimum atomic E-state index is -0.502. The van der Waals surface area contributed by atoms with Crippen LogP contribution in [0, 0.1) is 0 Å². The van der Waals surface area contributed by atoms with Crippen LogP contribution in [-0.4, -0.2) is 61.9 Å². The number of aromatic nitrogens is 1. The molecular formula is C21H30N3O5+. The second-order valence-electron chi connectivity index (χ2n) is 7.38. The Morgan fingerprint density at radius 3 is 2.59 bits per heavy atom. The molecule has 1 amide bonds. The number of carbonyl (C=O) groups excluding carboxylic acids is 2. The number of quaternary nitrogens is 1. The molecule has 3 rings (SSSR count). The summed E-state index contributed by atoms with van der Waals surface area (Å²) in [6, 6.07) is 5.47. The van der Waals surface area contributed by atoms with Crippen LogP contribution in [0.5, 0.6) is 5.75 Å². The van der Waals surface area contributed by atoms with Gasteiger partial charge < -0.3 is 29.4 Å². The maximum absolute atomic E-state index is 12.8. The highest BCUT2D eigenvalue weighted by Gasteiger charge is 2.28. The summed E-state index contributed by atoms with van der Waals surface area (Å²) in [5.74, 6) is 0.0128.